The number of carbonyl (C=O) groups is 2. The van der Waals surface area contributed by atoms with E-state index in [0.29, 0.717) is 24.5 Å². The van der Waals surface area contributed by atoms with E-state index in [-0.39, 0.29) is 29.7 Å². The van der Waals surface area contributed by atoms with Gasteiger partial charge in [0.1, 0.15) is 0 Å². The monoisotopic (exact) mass is 525 g/mol. The van der Waals surface area contributed by atoms with Gasteiger partial charge >= 0.3 is 0 Å². The maximum absolute atomic E-state index is 13.7. The molecular weight excluding hydrogens is 474 g/mol. The molecule has 1 saturated carbocycles. The van der Waals surface area contributed by atoms with Crippen molar-refractivity contribution in [1.29, 1.82) is 0 Å². The summed E-state index contributed by atoms with van der Waals surface area (Å²) < 4.78 is 0. The fraction of sp³-hybridized carbons (Fsp3) is 0.742. The lowest BCUT2D eigenvalue weighted by Gasteiger charge is -2.36. The summed E-state index contributed by atoms with van der Waals surface area (Å²) in [4.78, 5) is 31.0. The molecule has 3 N–H and O–H groups in total. The molecule has 3 aliphatic rings. The molecule has 0 spiro atoms. The molecule has 3 fully saturated rings. The molecule has 5 atom stereocenters. The standard InChI is InChI=1S/C31H51N5O2/c1-20-14-21(2)34-31(38)28(20)18-33-30(37)27-15-24(23-12-13-25(32-17-23)19-35(4)5)16-29(22(27)3)36(6)26-10-8-7-9-11-26/h15-16,20-21,23,25-26,28,32H,7-14,17-19H2,1-6H3,(H,33,37)(H,34,38). The molecule has 4 rings (SSSR count). The summed E-state index contributed by atoms with van der Waals surface area (Å²) in [6, 6.07) is 5.73. The van der Waals surface area contributed by atoms with Crippen LogP contribution in [0.1, 0.15) is 92.6 Å². The third kappa shape index (κ3) is 6.90. The van der Waals surface area contributed by atoms with Gasteiger partial charge in [-0.05, 0) is 95.1 Å². The molecule has 5 unspecified atom stereocenters. The zero-order valence-corrected chi connectivity index (χ0v) is 24.6. The van der Waals surface area contributed by atoms with Crippen LogP contribution in [0.2, 0.25) is 0 Å². The van der Waals surface area contributed by atoms with E-state index >= 15 is 0 Å². The Morgan fingerprint density at radius 1 is 1.05 bits per heavy atom. The molecule has 212 valence electrons. The number of likely N-dealkylation sites (N-methyl/N-ethyl adjacent to an activating group) is 1. The van der Waals surface area contributed by atoms with Crippen LogP contribution in [0.15, 0.2) is 12.1 Å². The minimum absolute atomic E-state index is 0.0558. The van der Waals surface area contributed by atoms with Crippen LogP contribution < -0.4 is 20.9 Å². The van der Waals surface area contributed by atoms with Gasteiger partial charge in [0.15, 0.2) is 0 Å². The van der Waals surface area contributed by atoms with Crippen LogP contribution in [-0.2, 0) is 4.79 Å². The molecule has 7 heteroatoms. The number of nitrogens with one attached hydrogen (secondary N) is 3. The van der Waals surface area contributed by atoms with Crippen molar-refractivity contribution in [3.8, 4) is 0 Å². The van der Waals surface area contributed by atoms with Gasteiger partial charge < -0.3 is 25.8 Å². The lowest BCUT2D eigenvalue weighted by molar-refractivity contribution is -0.129. The van der Waals surface area contributed by atoms with Crippen molar-refractivity contribution >= 4 is 17.5 Å². The fourth-order valence-electron chi connectivity index (χ4n) is 7.00. The molecule has 0 bridgehead atoms. The van der Waals surface area contributed by atoms with Gasteiger partial charge in [-0.25, -0.2) is 0 Å². The van der Waals surface area contributed by atoms with E-state index in [1.165, 1.54) is 43.4 Å². The predicted octanol–water partition coefficient (Wildman–Crippen LogP) is 4.05. The Labute approximate surface area is 230 Å². The maximum atomic E-state index is 13.7. The van der Waals surface area contributed by atoms with E-state index in [4.69, 9.17) is 0 Å². The molecule has 38 heavy (non-hydrogen) atoms. The number of nitrogens with zero attached hydrogens (tertiary/aromatic N) is 2. The number of hydrogen-bond donors (Lipinski definition) is 3. The zero-order chi connectivity index (χ0) is 27.4. The number of anilines is 1. The minimum atomic E-state index is -0.181. The topological polar surface area (TPSA) is 76.7 Å². The van der Waals surface area contributed by atoms with E-state index < -0.39 is 0 Å². The van der Waals surface area contributed by atoms with E-state index in [2.05, 4.69) is 72.9 Å². The van der Waals surface area contributed by atoms with Gasteiger partial charge in [0, 0.05) is 56.1 Å². The fourth-order valence-corrected chi connectivity index (χ4v) is 7.00. The first-order valence-corrected chi connectivity index (χ1v) is 15.0. The Hall–Kier alpha value is -2.12. The van der Waals surface area contributed by atoms with Crippen LogP contribution in [-0.4, -0.2) is 75.6 Å². The summed E-state index contributed by atoms with van der Waals surface area (Å²) >= 11 is 0. The highest BCUT2D eigenvalue weighted by molar-refractivity contribution is 5.97. The number of piperidine rings is 2. The Bertz CT molecular complexity index is 965. The van der Waals surface area contributed by atoms with Crippen LogP contribution in [0.5, 0.6) is 0 Å². The van der Waals surface area contributed by atoms with Crippen molar-refractivity contribution in [2.24, 2.45) is 11.8 Å². The van der Waals surface area contributed by atoms with Gasteiger partial charge in [-0.15, -0.1) is 0 Å². The molecule has 1 aromatic rings. The number of hydrogen-bond acceptors (Lipinski definition) is 5. The molecule has 7 nitrogen and oxygen atoms in total. The molecular formula is C31H51N5O2. The third-order valence-corrected chi connectivity index (χ3v) is 9.34. The van der Waals surface area contributed by atoms with E-state index in [1.807, 2.05) is 6.92 Å². The summed E-state index contributed by atoms with van der Waals surface area (Å²) in [5, 5.41) is 9.96. The number of rotatable bonds is 8. The lowest BCUT2D eigenvalue weighted by Crippen LogP contribution is -2.50. The Kier molecular flexibility index (Phi) is 9.74. The highest BCUT2D eigenvalue weighted by Gasteiger charge is 2.33. The van der Waals surface area contributed by atoms with E-state index in [0.717, 1.165) is 43.5 Å². The lowest BCUT2D eigenvalue weighted by atomic mass is 9.84. The molecule has 2 amide bonds. The molecule has 2 aliphatic heterocycles. The summed E-state index contributed by atoms with van der Waals surface area (Å²) in [7, 11) is 6.47. The first kappa shape index (κ1) is 28.9. The third-order valence-electron chi connectivity index (χ3n) is 9.34. The second kappa shape index (κ2) is 12.8. The van der Waals surface area contributed by atoms with Crippen molar-refractivity contribution in [3.63, 3.8) is 0 Å². The van der Waals surface area contributed by atoms with Gasteiger partial charge in [0.05, 0.1) is 5.92 Å². The Morgan fingerprint density at radius 2 is 1.79 bits per heavy atom. The average Bonchev–Trinajstić information content (AvgIpc) is 2.88. The van der Waals surface area contributed by atoms with Crippen molar-refractivity contribution in [1.82, 2.24) is 20.9 Å². The Balaban J connectivity index is 1.56. The summed E-state index contributed by atoms with van der Waals surface area (Å²) in [5.41, 5.74) is 4.25. The smallest absolute Gasteiger partial charge is 0.251 e. The summed E-state index contributed by atoms with van der Waals surface area (Å²) in [5.74, 6) is 0.461. The first-order valence-electron chi connectivity index (χ1n) is 15.0. The second-order valence-corrected chi connectivity index (χ2v) is 12.7. The highest BCUT2D eigenvalue weighted by Crippen LogP contribution is 2.35. The second-order valence-electron chi connectivity index (χ2n) is 12.7. The molecule has 1 aliphatic carbocycles. The minimum Gasteiger partial charge on any atom is -0.371 e. The van der Waals surface area contributed by atoms with Crippen molar-refractivity contribution in [2.45, 2.75) is 96.2 Å². The van der Waals surface area contributed by atoms with Gasteiger partial charge in [-0.3, -0.25) is 9.59 Å². The zero-order valence-electron chi connectivity index (χ0n) is 24.6. The normalized spacial score (nSPS) is 28.7. The van der Waals surface area contributed by atoms with Crippen molar-refractivity contribution in [2.75, 3.05) is 45.7 Å². The predicted molar refractivity (Wildman–Crippen MR) is 156 cm³/mol. The van der Waals surface area contributed by atoms with Crippen LogP contribution in [0.3, 0.4) is 0 Å². The van der Waals surface area contributed by atoms with Gasteiger partial charge in [0.25, 0.3) is 5.91 Å². The number of amides is 2. The molecule has 0 radical (unpaired) electrons. The van der Waals surface area contributed by atoms with Crippen molar-refractivity contribution < 1.29 is 9.59 Å². The highest BCUT2D eigenvalue weighted by atomic mass is 16.2. The molecule has 1 aromatic carbocycles. The summed E-state index contributed by atoms with van der Waals surface area (Å²) in [6.07, 6.45) is 9.52. The van der Waals surface area contributed by atoms with Crippen LogP contribution in [0, 0.1) is 18.8 Å². The molecule has 0 aromatic heterocycles. The van der Waals surface area contributed by atoms with Crippen LogP contribution >= 0.6 is 0 Å². The van der Waals surface area contributed by atoms with E-state index in [9.17, 15) is 9.59 Å². The maximum Gasteiger partial charge on any atom is 0.251 e. The SMILES string of the molecule is Cc1c(C(=O)NCC2C(=O)NC(C)CC2C)cc(C2CCC(CN(C)C)NC2)cc1N(C)C1CCCCC1. The largest absolute Gasteiger partial charge is 0.371 e. The first-order chi connectivity index (χ1) is 18.1. The number of carbonyl (C=O) groups excluding carboxylic acids is 2. The van der Waals surface area contributed by atoms with Gasteiger partial charge in [0.2, 0.25) is 5.91 Å². The average molecular weight is 526 g/mol. The molecule has 2 heterocycles. The van der Waals surface area contributed by atoms with Crippen LogP contribution in [0.25, 0.3) is 0 Å². The van der Waals surface area contributed by atoms with E-state index in [1.54, 1.807) is 0 Å². The van der Waals surface area contributed by atoms with Crippen LogP contribution in [0.4, 0.5) is 5.69 Å². The summed E-state index contributed by atoms with van der Waals surface area (Å²) in [6.45, 7) is 8.63. The number of benzene rings is 1. The Morgan fingerprint density at radius 3 is 2.42 bits per heavy atom. The quantitative estimate of drug-likeness (QED) is 0.477. The molecule has 2 saturated heterocycles. The van der Waals surface area contributed by atoms with Gasteiger partial charge in [-0.1, -0.05) is 26.2 Å². The van der Waals surface area contributed by atoms with Crippen molar-refractivity contribution in [3.05, 3.63) is 28.8 Å². The van der Waals surface area contributed by atoms with Gasteiger partial charge in [-0.2, -0.15) is 0 Å².